The van der Waals surface area contributed by atoms with Crippen LogP contribution in [0.25, 0.3) is 11.0 Å². The van der Waals surface area contributed by atoms with Gasteiger partial charge >= 0.3 is 0 Å². The molecular weight excluding hydrogens is 236 g/mol. The van der Waals surface area contributed by atoms with Gasteiger partial charge in [0.15, 0.2) is 17.6 Å². The Morgan fingerprint density at radius 3 is 2.58 bits per heavy atom. The van der Waals surface area contributed by atoms with Crippen LogP contribution in [0.3, 0.4) is 0 Å². The van der Waals surface area contributed by atoms with Crippen molar-refractivity contribution in [2.24, 2.45) is 7.05 Å². The Labute approximate surface area is 112 Å². The molecule has 0 aliphatic heterocycles. The van der Waals surface area contributed by atoms with E-state index in [1.165, 1.54) is 5.52 Å². The molecule has 0 aliphatic rings. The van der Waals surface area contributed by atoms with Crippen LogP contribution in [0.15, 0.2) is 48.5 Å². The van der Waals surface area contributed by atoms with E-state index in [2.05, 4.69) is 41.7 Å². The fraction of sp³-hybridized carbons (Fsp3) is 0.188. The molecule has 0 aliphatic carbocycles. The highest BCUT2D eigenvalue weighted by atomic mass is 16.5. The van der Waals surface area contributed by atoms with E-state index in [0.717, 1.165) is 22.7 Å². The third kappa shape index (κ3) is 2.19. The lowest BCUT2D eigenvalue weighted by Crippen LogP contribution is -2.32. The zero-order valence-electron chi connectivity index (χ0n) is 11.2. The number of imidazole rings is 1. The molecule has 3 nitrogen and oxygen atoms in total. The normalized spacial score (nSPS) is 10.8. The Morgan fingerprint density at radius 2 is 1.79 bits per heavy atom. The molecule has 1 N–H and O–H groups in total. The highest BCUT2D eigenvalue weighted by molar-refractivity contribution is 5.70. The Kier molecular flexibility index (Phi) is 2.95. The van der Waals surface area contributed by atoms with Gasteiger partial charge in [-0.2, -0.15) is 0 Å². The van der Waals surface area contributed by atoms with Gasteiger partial charge < -0.3 is 4.74 Å². The number of para-hydroxylation sites is 3. The summed E-state index contributed by atoms with van der Waals surface area (Å²) in [7, 11) is 2.05. The summed E-state index contributed by atoms with van der Waals surface area (Å²) in [5.41, 5.74) is 3.47. The highest BCUT2D eigenvalue weighted by Gasteiger charge is 2.15. The van der Waals surface area contributed by atoms with E-state index in [1.807, 2.05) is 30.3 Å². The van der Waals surface area contributed by atoms with Crippen LogP contribution in [0, 0.1) is 6.92 Å². The van der Waals surface area contributed by atoms with Gasteiger partial charge in [0.1, 0.15) is 5.75 Å². The summed E-state index contributed by atoms with van der Waals surface area (Å²) in [6.07, 6.45) is 0. The van der Waals surface area contributed by atoms with E-state index in [1.54, 1.807) is 0 Å². The van der Waals surface area contributed by atoms with Crippen molar-refractivity contribution in [2.75, 3.05) is 0 Å². The number of rotatable bonds is 3. The minimum absolute atomic E-state index is 0.538. The average molecular weight is 253 g/mol. The summed E-state index contributed by atoms with van der Waals surface area (Å²) in [5.74, 6) is 1.99. The minimum Gasteiger partial charge on any atom is -0.481 e. The Bertz CT molecular complexity index is 716. The topological polar surface area (TPSA) is 28.9 Å². The average Bonchev–Trinajstić information content (AvgIpc) is 2.75. The number of H-pyrrole nitrogens is 1. The first-order chi connectivity index (χ1) is 9.25. The number of hydrogen-bond acceptors (Lipinski definition) is 1. The van der Waals surface area contributed by atoms with Gasteiger partial charge in [0.25, 0.3) is 5.82 Å². The molecule has 19 heavy (non-hydrogen) atoms. The molecule has 0 bridgehead atoms. The van der Waals surface area contributed by atoms with Crippen molar-refractivity contribution < 1.29 is 9.30 Å². The maximum absolute atomic E-state index is 5.88. The lowest BCUT2D eigenvalue weighted by atomic mass is 10.2. The molecule has 0 radical (unpaired) electrons. The van der Waals surface area contributed by atoms with Crippen LogP contribution in [0.2, 0.25) is 0 Å². The smallest absolute Gasteiger partial charge is 0.293 e. The molecular formula is C16H17N2O+. The second-order valence-electron chi connectivity index (χ2n) is 4.70. The van der Waals surface area contributed by atoms with Gasteiger partial charge in [-0.1, -0.05) is 30.3 Å². The maximum atomic E-state index is 5.88. The lowest BCUT2D eigenvalue weighted by molar-refractivity contribution is -0.654. The van der Waals surface area contributed by atoms with Crippen molar-refractivity contribution in [1.29, 1.82) is 0 Å². The first-order valence-electron chi connectivity index (χ1n) is 6.40. The summed E-state index contributed by atoms with van der Waals surface area (Å²) in [6.45, 7) is 2.59. The molecule has 0 fully saturated rings. The summed E-state index contributed by atoms with van der Waals surface area (Å²) < 4.78 is 8.01. The van der Waals surface area contributed by atoms with Crippen molar-refractivity contribution >= 4 is 11.0 Å². The molecule has 3 rings (SSSR count). The largest absolute Gasteiger partial charge is 0.481 e. The molecule has 96 valence electrons. The van der Waals surface area contributed by atoms with E-state index in [9.17, 15) is 0 Å². The maximum Gasteiger partial charge on any atom is 0.293 e. The summed E-state index contributed by atoms with van der Waals surface area (Å²) in [6, 6.07) is 16.3. The molecule has 0 atom stereocenters. The number of ether oxygens (including phenoxy) is 1. The first kappa shape index (κ1) is 11.8. The molecule has 0 amide bonds. The molecule has 3 heteroatoms. The predicted octanol–water partition coefficient (Wildman–Crippen LogP) is 2.88. The van der Waals surface area contributed by atoms with Crippen molar-refractivity contribution in [3.63, 3.8) is 0 Å². The summed E-state index contributed by atoms with van der Waals surface area (Å²) in [5, 5.41) is 0. The molecule has 0 saturated carbocycles. The summed E-state index contributed by atoms with van der Waals surface area (Å²) >= 11 is 0. The van der Waals surface area contributed by atoms with Gasteiger partial charge in [0.2, 0.25) is 0 Å². The fourth-order valence-corrected chi connectivity index (χ4v) is 2.25. The van der Waals surface area contributed by atoms with Crippen molar-refractivity contribution in [3.05, 3.63) is 59.9 Å². The van der Waals surface area contributed by atoms with Crippen LogP contribution in [0.1, 0.15) is 11.4 Å². The van der Waals surface area contributed by atoms with Crippen LogP contribution >= 0.6 is 0 Å². The monoisotopic (exact) mass is 253 g/mol. The quantitative estimate of drug-likeness (QED) is 0.714. The van der Waals surface area contributed by atoms with Crippen LogP contribution in [0.4, 0.5) is 0 Å². The number of aromatic nitrogens is 2. The number of hydrogen-bond donors (Lipinski definition) is 1. The van der Waals surface area contributed by atoms with Gasteiger partial charge in [-0.15, -0.1) is 0 Å². The highest BCUT2D eigenvalue weighted by Crippen LogP contribution is 2.17. The first-order valence-corrected chi connectivity index (χ1v) is 6.40. The Morgan fingerprint density at radius 1 is 1.05 bits per heavy atom. The number of aromatic amines is 1. The SMILES string of the molecule is Cc1ccccc1OCc1[nH]c2ccccc2[n+]1C. The second kappa shape index (κ2) is 4.76. The van der Waals surface area contributed by atoms with Crippen LogP contribution < -0.4 is 9.30 Å². The van der Waals surface area contributed by atoms with E-state index < -0.39 is 0 Å². The van der Waals surface area contributed by atoms with Crippen LogP contribution in [-0.2, 0) is 13.7 Å². The molecule has 0 unspecified atom stereocenters. The van der Waals surface area contributed by atoms with E-state index in [-0.39, 0.29) is 0 Å². The van der Waals surface area contributed by atoms with Crippen molar-refractivity contribution in [2.45, 2.75) is 13.5 Å². The van der Waals surface area contributed by atoms with E-state index >= 15 is 0 Å². The van der Waals surface area contributed by atoms with E-state index in [0.29, 0.717) is 6.61 Å². The number of fused-ring (bicyclic) bond motifs is 1. The number of benzene rings is 2. The zero-order chi connectivity index (χ0) is 13.2. The summed E-state index contributed by atoms with van der Waals surface area (Å²) in [4.78, 5) is 3.39. The predicted molar refractivity (Wildman–Crippen MR) is 75.0 cm³/mol. The number of aryl methyl sites for hydroxylation is 2. The van der Waals surface area contributed by atoms with Gasteiger partial charge in [0.05, 0.1) is 7.05 Å². The standard InChI is InChI=1S/C16H16N2O/c1-12-7-3-6-10-15(12)19-11-16-17-13-8-4-5-9-14(13)18(16)2/h3-10H,11H2,1-2H3/p+1. The van der Waals surface area contributed by atoms with Gasteiger partial charge in [-0.3, -0.25) is 0 Å². The molecule has 2 aromatic carbocycles. The molecule has 1 aromatic heterocycles. The Hall–Kier alpha value is -2.29. The molecule has 0 spiro atoms. The fourth-order valence-electron chi connectivity index (χ4n) is 2.25. The Balaban J connectivity index is 1.86. The zero-order valence-corrected chi connectivity index (χ0v) is 11.2. The minimum atomic E-state index is 0.538. The van der Waals surface area contributed by atoms with Crippen LogP contribution in [0.5, 0.6) is 5.75 Å². The van der Waals surface area contributed by atoms with Crippen molar-refractivity contribution in [3.8, 4) is 5.75 Å². The molecule has 0 saturated heterocycles. The third-order valence-electron chi connectivity index (χ3n) is 3.41. The number of nitrogens with one attached hydrogen (secondary N) is 1. The van der Waals surface area contributed by atoms with Gasteiger partial charge in [-0.05, 0) is 30.7 Å². The van der Waals surface area contributed by atoms with Gasteiger partial charge in [0, 0.05) is 0 Å². The van der Waals surface area contributed by atoms with Crippen molar-refractivity contribution in [1.82, 2.24) is 4.98 Å². The van der Waals surface area contributed by atoms with Gasteiger partial charge in [-0.25, -0.2) is 9.55 Å². The second-order valence-corrected chi connectivity index (χ2v) is 4.70. The molecule has 1 heterocycles. The number of nitrogens with zero attached hydrogens (tertiary/aromatic N) is 1. The molecule has 3 aromatic rings. The lowest BCUT2D eigenvalue weighted by Gasteiger charge is -2.05. The third-order valence-corrected chi connectivity index (χ3v) is 3.41. The van der Waals surface area contributed by atoms with E-state index in [4.69, 9.17) is 4.74 Å². The van der Waals surface area contributed by atoms with Crippen LogP contribution in [-0.4, -0.2) is 4.98 Å².